The van der Waals surface area contributed by atoms with Gasteiger partial charge in [-0.1, -0.05) is 81.4 Å². The Morgan fingerprint density at radius 3 is 1.27 bits per heavy atom. The van der Waals surface area contributed by atoms with Crippen LogP contribution in [0.1, 0.15) is 0 Å². The second-order valence-corrected chi connectivity index (χ2v) is 7.05. The molecule has 6 nitrogen and oxygen atoms in total. The summed E-state index contributed by atoms with van der Waals surface area (Å²) < 4.78 is 17.6. The van der Waals surface area contributed by atoms with Gasteiger partial charge in [-0.15, -0.1) is 0 Å². The first kappa shape index (κ1) is 20.2. The molecule has 0 saturated carbocycles. The van der Waals surface area contributed by atoms with Crippen LogP contribution in [0.5, 0.6) is 34.8 Å². The number of nitrogens with zero attached hydrogens (tertiary/aromatic N) is 3. The molecule has 4 rings (SSSR count). The first-order valence-electron chi connectivity index (χ1n) is 8.62. The monoisotopic (exact) mass is 459 g/mol. The summed E-state index contributed by atoms with van der Waals surface area (Å²) in [5.74, 6) is 1.08. The van der Waals surface area contributed by atoms with Crippen LogP contribution in [-0.2, 0) is 0 Å². The SMILES string of the molecule is Clc1ccccc1Oc1nnnc(Oc2ccccc2Cl)c1Oc1ccccc1Cl. The lowest BCUT2D eigenvalue weighted by molar-refractivity contribution is 0.354. The molecule has 0 atom stereocenters. The molecule has 1 aromatic heterocycles. The van der Waals surface area contributed by atoms with E-state index in [2.05, 4.69) is 15.4 Å². The van der Waals surface area contributed by atoms with Crippen molar-refractivity contribution in [1.82, 2.24) is 15.4 Å². The minimum absolute atomic E-state index is 0.0138. The first-order valence-corrected chi connectivity index (χ1v) is 9.75. The van der Waals surface area contributed by atoms with Crippen molar-refractivity contribution in [3.8, 4) is 34.8 Å². The van der Waals surface area contributed by atoms with Gasteiger partial charge in [0.25, 0.3) is 17.5 Å². The molecule has 4 aromatic rings. The molecule has 0 unspecified atom stereocenters. The van der Waals surface area contributed by atoms with E-state index in [0.717, 1.165) is 0 Å². The highest BCUT2D eigenvalue weighted by molar-refractivity contribution is 6.32. The topological polar surface area (TPSA) is 66.4 Å². The Hall–Kier alpha value is -3.06. The maximum Gasteiger partial charge on any atom is 0.290 e. The molecule has 0 aliphatic carbocycles. The van der Waals surface area contributed by atoms with Gasteiger partial charge in [0, 0.05) is 0 Å². The summed E-state index contributed by atoms with van der Waals surface area (Å²) >= 11 is 18.6. The van der Waals surface area contributed by atoms with Gasteiger partial charge in [0.1, 0.15) is 17.2 Å². The Bertz CT molecular complexity index is 1130. The summed E-state index contributed by atoms with van der Waals surface area (Å²) in [6.07, 6.45) is 0. The van der Waals surface area contributed by atoms with Crippen molar-refractivity contribution in [3.63, 3.8) is 0 Å². The Morgan fingerprint density at radius 1 is 0.500 bits per heavy atom. The van der Waals surface area contributed by atoms with Crippen molar-refractivity contribution >= 4 is 34.8 Å². The molecule has 30 heavy (non-hydrogen) atoms. The summed E-state index contributed by atoms with van der Waals surface area (Å²) in [7, 11) is 0. The third-order valence-corrected chi connectivity index (χ3v) is 4.73. The van der Waals surface area contributed by atoms with E-state index < -0.39 is 0 Å². The molecule has 3 aromatic carbocycles. The lowest BCUT2D eigenvalue weighted by Gasteiger charge is -2.15. The zero-order chi connectivity index (χ0) is 20.9. The molecule has 0 aliphatic heterocycles. The van der Waals surface area contributed by atoms with E-state index in [4.69, 9.17) is 49.0 Å². The summed E-state index contributed by atoms with van der Waals surface area (Å²) in [6, 6.07) is 20.7. The molecule has 0 radical (unpaired) electrons. The summed E-state index contributed by atoms with van der Waals surface area (Å²) in [4.78, 5) is 0. The molecule has 0 spiro atoms. The lowest BCUT2D eigenvalue weighted by Crippen LogP contribution is -2.02. The van der Waals surface area contributed by atoms with E-state index >= 15 is 0 Å². The first-order chi connectivity index (χ1) is 14.6. The smallest absolute Gasteiger partial charge is 0.290 e. The van der Waals surface area contributed by atoms with Crippen LogP contribution in [0.4, 0.5) is 0 Å². The van der Waals surface area contributed by atoms with Crippen LogP contribution in [0.15, 0.2) is 72.8 Å². The number of para-hydroxylation sites is 3. The van der Waals surface area contributed by atoms with Crippen molar-refractivity contribution in [2.75, 3.05) is 0 Å². The molecule has 0 saturated heterocycles. The number of benzene rings is 3. The molecule has 9 heteroatoms. The van der Waals surface area contributed by atoms with E-state index in [0.29, 0.717) is 32.3 Å². The number of halogens is 3. The van der Waals surface area contributed by atoms with Gasteiger partial charge in [0.2, 0.25) is 0 Å². The zero-order valence-corrected chi connectivity index (χ0v) is 17.4. The van der Waals surface area contributed by atoms with Gasteiger partial charge in [-0.25, -0.2) is 0 Å². The number of hydrogen-bond acceptors (Lipinski definition) is 6. The Kier molecular flexibility index (Phi) is 6.18. The van der Waals surface area contributed by atoms with Crippen molar-refractivity contribution in [3.05, 3.63) is 87.9 Å². The highest BCUT2D eigenvalue weighted by Crippen LogP contribution is 2.43. The van der Waals surface area contributed by atoms with Crippen molar-refractivity contribution in [1.29, 1.82) is 0 Å². The fraction of sp³-hybridized carbons (Fsp3) is 0. The van der Waals surface area contributed by atoms with Crippen LogP contribution < -0.4 is 14.2 Å². The minimum atomic E-state index is -0.0138. The van der Waals surface area contributed by atoms with Gasteiger partial charge < -0.3 is 14.2 Å². The minimum Gasteiger partial charge on any atom is -0.445 e. The van der Waals surface area contributed by atoms with Gasteiger partial charge in [-0.05, 0) is 41.6 Å². The van der Waals surface area contributed by atoms with Crippen LogP contribution in [0, 0.1) is 0 Å². The second kappa shape index (κ2) is 9.17. The highest BCUT2D eigenvalue weighted by atomic mass is 35.5. The molecule has 0 bridgehead atoms. The summed E-state index contributed by atoms with van der Waals surface area (Å²) in [6.45, 7) is 0. The van der Waals surface area contributed by atoms with E-state index in [1.807, 2.05) is 0 Å². The molecule has 0 aliphatic rings. The number of aromatic nitrogens is 3. The summed E-state index contributed by atoms with van der Waals surface area (Å²) in [5.41, 5.74) is 0. The number of ether oxygens (including phenoxy) is 3. The second-order valence-electron chi connectivity index (χ2n) is 5.83. The Balaban J connectivity index is 1.78. The quantitative estimate of drug-likeness (QED) is 0.303. The molecule has 150 valence electrons. The highest BCUT2D eigenvalue weighted by Gasteiger charge is 2.22. The van der Waals surface area contributed by atoms with E-state index in [1.54, 1.807) is 72.8 Å². The average molecular weight is 461 g/mol. The van der Waals surface area contributed by atoms with Gasteiger partial charge in [-0.3, -0.25) is 0 Å². The number of hydrogen-bond donors (Lipinski definition) is 0. The Morgan fingerprint density at radius 2 is 0.867 bits per heavy atom. The van der Waals surface area contributed by atoms with E-state index in [9.17, 15) is 0 Å². The predicted octanol–water partition coefficient (Wildman–Crippen LogP) is 7.21. The molecule has 1 heterocycles. The van der Waals surface area contributed by atoms with Crippen molar-refractivity contribution < 1.29 is 14.2 Å². The molecule has 0 amide bonds. The van der Waals surface area contributed by atoms with Gasteiger partial charge >= 0.3 is 0 Å². The van der Waals surface area contributed by atoms with Crippen LogP contribution in [0.25, 0.3) is 0 Å². The standard InChI is InChI=1S/C21H12Cl3N3O3/c22-13-7-1-4-10-16(13)28-19-20(29-17-11-5-2-8-14(17)23)25-27-26-21(19)30-18-12-6-3-9-15(18)24/h1-12H. The predicted molar refractivity (Wildman–Crippen MR) is 114 cm³/mol. The molecule has 0 fully saturated rings. The number of rotatable bonds is 6. The van der Waals surface area contributed by atoms with Crippen LogP contribution in [-0.4, -0.2) is 15.4 Å². The third kappa shape index (κ3) is 4.57. The fourth-order valence-corrected chi connectivity index (χ4v) is 2.93. The van der Waals surface area contributed by atoms with Crippen LogP contribution >= 0.6 is 34.8 Å². The average Bonchev–Trinajstić information content (AvgIpc) is 2.75. The van der Waals surface area contributed by atoms with Gasteiger partial charge in [0.05, 0.1) is 15.1 Å². The Labute approximate surface area is 186 Å². The third-order valence-electron chi connectivity index (χ3n) is 3.79. The molecule has 0 N–H and O–H groups in total. The van der Waals surface area contributed by atoms with Gasteiger partial charge in [-0.2, -0.15) is 0 Å². The van der Waals surface area contributed by atoms with Crippen molar-refractivity contribution in [2.45, 2.75) is 0 Å². The van der Waals surface area contributed by atoms with Crippen LogP contribution in [0.2, 0.25) is 15.1 Å². The van der Waals surface area contributed by atoms with Crippen molar-refractivity contribution in [2.24, 2.45) is 0 Å². The maximum absolute atomic E-state index is 6.24. The van der Waals surface area contributed by atoms with Gasteiger partial charge in [0.15, 0.2) is 0 Å². The largest absolute Gasteiger partial charge is 0.445 e. The van der Waals surface area contributed by atoms with E-state index in [1.165, 1.54) is 0 Å². The lowest BCUT2D eigenvalue weighted by atomic mass is 10.3. The molecular weight excluding hydrogens is 449 g/mol. The summed E-state index contributed by atoms with van der Waals surface area (Å²) in [5, 5.41) is 12.7. The molecular formula is C21H12Cl3N3O3. The normalized spacial score (nSPS) is 10.5. The van der Waals surface area contributed by atoms with Crippen LogP contribution in [0.3, 0.4) is 0 Å². The fourth-order valence-electron chi connectivity index (χ4n) is 2.41. The zero-order valence-electron chi connectivity index (χ0n) is 15.1. The maximum atomic E-state index is 6.24. The van der Waals surface area contributed by atoms with E-state index in [-0.39, 0.29) is 17.5 Å².